The van der Waals surface area contributed by atoms with Crippen molar-refractivity contribution in [2.24, 2.45) is 17.3 Å². The van der Waals surface area contributed by atoms with Crippen molar-refractivity contribution in [3.8, 4) is 0 Å². The third-order valence-electron chi connectivity index (χ3n) is 6.11. The first-order valence-electron chi connectivity index (χ1n) is 9.19. The predicted octanol–water partition coefficient (Wildman–Crippen LogP) is 3.58. The lowest BCUT2D eigenvalue weighted by Gasteiger charge is -2.42. The van der Waals surface area contributed by atoms with Crippen LogP contribution in [0.15, 0.2) is 0 Å². The fourth-order valence-electron chi connectivity index (χ4n) is 5.23. The Balaban J connectivity index is 1.89. The van der Waals surface area contributed by atoms with E-state index in [1.165, 1.54) is 25.7 Å². The van der Waals surface area contributed by atoms with Crippen molar-refractivity contribution in [1.82, 2.24) is 10.2 Å². The Morgan fingerprint density at radius 1 is 1.00 bits per heavy atom. The summed E-state index contributed by atoms with van der Waals surface area (Å²) in [7, 11) is 0. The van der Waals surface area contributed by atoms with Crippen LogP contribution in [-0.2, 0) is 4.79 Å². The summed E-state index contributed by atoms with van der Waals surface area (Å²) in [6, 6.07) is 0.782. The van der Waals surface area contributed by atoms with E-state index in [9.17, 15) is 4.79 Å². The van der Waals surface area contributed by atoms with Crippen LogP contribution in [0.1, 0.15) is 73.6 Å². The Kier molecular flexibility index (Phi) is 3.97. The van der Waals surface area contributed by atoms with Gasteiger partial charge in [-0.15, -0.1) is 0 Å². The van der Waals surface area contributed by atoms with Gasteiger partial charge < -0.3 is 0 Å². The van der Waals surface area contributed by atoms with Crippen LogP contribution in [0.3, 0.4) is 0 Å². The molecular formula is C19H34N2O. The van der Waals surface area contributed by atoms with E-state index in [-0.39, 0.29) is 17.0 Å². The van der Waals surface area contributed by atoms with Gasteiger partial charge in [0.2, 0.25) is 0 Å². The standard InChI is InChI=1S/C19H34N2O/c1-18(2,3)16(22)15-11-13-12-9-7-8-10-14(12)20-17(13)21(15)19(4,5)6/h12-15,17,20H,7-11H2,1-6H3. The third-order valence-corrected chi connectivity index (χ3v) is 6.11. The highest BCUT2D eigenvalue weighted by Crippen LogP contribution is 2.48. The highest BCUT2D eigenvalue weighted by molar-refractivity contribution is 5.89. The molecule has 22 heavy (non-hydrogen) atoms. The number of nitrogens with zero attached hydrogens (tertiary/aromatic N) is 1. The van der Waals surface area contributed by atoms with E-state index in [2.05, 4.69) is 51.8 Å². The van der Waals surface area contributed by atoms with Gasteiger partial charge in [0.05, 0.1) is 12.2 Å². The van der Waals surface area contributed by atoms with E-state index in [1.807, 2.05) is 0 Å². The van der Waals surface area contributed by atoms with Crippen LogP contribution in [0.25, 0.3) is 0 Å². The maximum atomic E-state index is 13.0. The molecule has 5 unspecified atom stereocenters. The summed E-state index contributed by atoms with van der Waals surface area (Å²) in [6.07, 6.45) is 6.89. The third kappa shape index (κ3) is 2.65. The first-order chi connectivity index (χ1) is 10.1. The molecule has 3 heteroatoms. The normalized spacial score (nSPS) is 39.6. The lowest BCUT2D eigenvalue weighted by atomic mass is 9.77. The fourth-order valence-corrected chi connectivity index (χ4v) is 5.23. The van der Waals surface area contributed by atoms with Gasteiger partial charge in [-0.1, -0.05) is 33.6 Å². The Bertz CT molecular complexity index is 445. The Labute approximate surface area is 136 Å². The Morgan fingerprint density at radius 3 is 2.23 bits per heavy atom. The fraction of sp³-hybridized carbons (Fsp3) is 0.947. The lowest BCUT2D eigenvalue weighted by molar-refractivity contribution is -0.133. The quantitative estimate of drug-likeness (QED) is 0.803. The van der Waals surface area contributed by atoms with E-state index < -0.39 is 0 Å². The zero-order chi connectivity index (χ0) is 16.3. The SMILES string of the molecule is CC(C)(C)C(=O)C1CC2C3CCCCC3NC2N1C(C)(C)C. The van der Waals surface area contributed by atoms with E-state index in [0.717, 1.165) is 12.3 Å². The molecule has 2 aliphatic heterocycles. The summed E-state index contributed by atoms with van der Waals surface area (Å²) < 4.78 is 0. The topological polar surface area (TPSA) is 32.3 Å². The minimum atomic E-state index is -0.251. The number of hydrogen-bond acceptors (Lipinski definition) is 3. The zero-order valence-electron chi connectivity index (χ0n) is 15.3. The molecule has 0 spiro atoms. The summed E-state index contributed by atoms with van der Waals surface area (Å²) in [6.45, 7) is 13.0. The summed E-state index contributed by atoms with van der Waals surface area (Å²) in [5, 5.41) is 3.92. The molecule has 1 N–H and O–H groups in total. The molecule has 0 bridgehead atoms. The first kappa shape index (κ1) is 16.4. The molecule has 0 aromatic carbocycles. The van der Waals surface area contributed by atoms with E-state index in [4.69, 9.17) is 0 Å². The van der Waals surface area contributed by atoms with Crippen molar-refractivity contribution in [2.75, 3.05) is 0 Å². The molecule has 0 aromatic heterocycles. The number of rotatable bonds is 1. The highest BCUT2D eigenvalue weighted by atomic mass is 16.1. The van der Waals surface area contributed by atoms with Gasteiger partial charge in [-0.05, 0) is 51.9 Å². The number of likely N-dealkylation sites (tertiary alicyclic amines) is 1. The molecule has 3 nitrogen and oxygen atoms in total. The second-order valence-electron chi connectivity index (χ2n) is 9.77. The molecule has 0 radical (unpaired) electrons. The highest BCUT2D eigenvalue weighted by Gasteiger charge is 2.57. The van der Waals surface area contributed by atoms with Gasteiger partial charge in [-0.3, -0.25) is 15.0 Å². The maximum absolute atomic E-state index is 13.0. The largest absolute Gasteiger partial charge is 0.298 e. The van der Waals surface area contributed by atoms with Gasteiger partial charge >= 0.3 is 0 Å². The second-order valence-corrected chi connectivity index (χ2v) is 9.77. The van der Waals surface area contributed by atoms with Crippen LogP contribution < -0.4 is 5.32 Å². The molecule has 2 heterocycles. The smallest absolute Gasteiger partial charge is 0.155 e. The Hall–Kier alpha value is -0.410. The minimum Gasteiger partial charge on any atom is -0.298 e. The molecule has 0 amide bonds. The lowest BCUT2D eigenvalue weighted by Crippen LogP contribution is -2.57. The van der Waals surface area contributed by atoms with Gasteiger partial charge in [0.15, 0.2) is 5.78 Å². The van der Waals surface area contributed by atoms with Crippen LogP contribution in [-0.4, -0.2) is 34.5 Å². The molecule has 3 aliphatic rings. The van der Waals surface area contributed by atoms with Crippen LogP contribution >= 0.6 is 0 Å². The van der Waals surface area contributed by atoms with Crippen molar-refractivity contribution in [3.05, 3.63) is 0 Å². The Morgan fingerprint density at radius 2 is 1.64 bits per heavy atom. The van der Waals surface area contributed by atoms with Gasteiger partial charge in [0.25, 0.3) is 0 Å². The molecule has 3 rings (SSSR count). The van der Waals surface area contributed by atoms with Crippen LogP contribution in [0.5, 0.6) is 0 Å². The minimum absolute atomic E-state index is 0.0332. The number of hydrogen-bond donors (Lipinski definition) is 1. The second kappa shape index (κ2) is 5.31. The van der Waals surface area contributed by atoms with Crippen LogP contribution in [0.4, 0.5) is 0 Å². The van der Waals surface area contributed by atoms with Crippen LogP contribution in [0.2, 0.25) is 0 Å². The number of carbonyl (C=O) groups is 1. The average Bonchev–Trinajstić information content (AvgIpc) is 2.90. The monoisotopic (exact) mass is 306 g/mol. The molecule has 5 atom stereocenters. The average molecular weight is 306 g/mol. The van der Waals surface area contributed by atoms with Gasteiger partial charge in [0.1, 0.15) is 0 Å². The number of Topliss-reactive ketones (excluding diaryl/α,β-unsaturated/α-hetero) is 1. The van der Waals surface area contributed by atoms with Crippen LogP contribution in [0, 0.1) is 17.3 Å². The van der Waals surface area contributed by atoms with Crippen molar-refractivity contribution in [2.45, 2.75) is 97.4 Å². The van der Waals surface area contributed by atoms with E-state index >= 15 is 0 Å². The van der Waals surface area contributed by atoms with E-state index in [0.29, 0.717) is 23.9 Å². The first-order valence-corrected chi connectivity index (χ1v) is 9.19. The summed E-state index contributed by atoms with van der Waals surface area (Å²) in [5.74, 6) is 1.88. The molecular weight excluding hydrogens is 272 g/mol. The molecule has 126 valence electrons. The number of ketones is 1. The van der Waals surface area contributed by atoms with Crippen molar-refractivity contribution in [3.63, 3.8) is 0 Å². The number of nitrogens with one attached hydrogen (secondary N) is 1. The van der Waals surface area contributed by atoms with Crippen molar-refractivity contribution >= 4 is 5.78 Å². The van der Waals surface area contributed by atoms with Gasteiger partial charge in [0, 0.05) is 17.0 Å². The molecule has 3 fully saturated rings. The summed E-state index contributed by atoms with van der Waals surface area (Å²) in [4.78, 5) is 15.6. The molecule has 2 saturated heterocycles. The molecule has 1 saturated carbocycles. The summed E-state index contributed by atoms with van der Waals surface area (Å²) >= 11 is 0. The molecule has 0 aromatic rings. The van der Waals surface area contributed by atoms with Gasteiger partial charge in [-0.25, -0.2) is 0 Å². The number of fused-ring (bicyclic) bond motifs is 3. The van der Waals surface area contributed by atoms with E-state index in [1.54, 1.807) is 0 Å². The van der Waals surface area contributed by atoms with Gasteiger partial charge in [-0.2, -0.15) is 0 Å². The maximum Gasteiger partial charge on any atom is 0.155 e. The predicted molar refractivity (Wildman–Crippen MR) is 90.6 cm³/mol. The van der Waals surface area contributed by atoms with Crippen molar-refractivity contribution in [1.29, 1.82) is 0 Å². The zero-order valence-corrected chi connectivity index (χ0v) is 15.3. The number of carbonyl (C=O) groups excluding carboxylic acids is 1. The van der Waals surface area contributed by atoms with Crippen molar-refractivity contribution < 1.29 is 4.79 Å². The molecule has 1 aliphatic carbocycles. The summed E-state index contributed by atoms with van der Waals surface area (Å²) in [5.41, 5.74) is -0.218.